The number of aryl methyl sites for hydroxylation is 1. The highest BCUT2D eigenvalue weighted by atomic mass is 16.5. The first-order chi connectivity index (χ1) is 15.7. The molecular weight excluding hydrogens is 400 g/mol. The molecule has 0 saturated heterocycles. The number of hydrogen-bond donors (Lipinski definition) is 0. The van der Waals surface area contributed by atoms with E-state index in [0.717, 1.165) is 53.1 Å². The van der Waals surface area contributed by atoms with E-state index in [-0.39, 0.29) is 5.97 Å². The Kier molecular flexibility index (Phi) is 6.85. The minimum absolute atomic E-state index is 0.157. The van der Waals surface area contributed by atoms with Crippen LogP contribution in [0, 0.1) is 6.92 Å². The van der Waals surface area contributed by atoms with Gasteiger partial charge >= 0.3 is 5.97 Å². The van der Waals surface area contributed by atoms with Gasteiger partial charge in [0, 0.05) is 23.7 Å². The van der Waals surface area contributed by atoms with Gasteiger partial charge in [0.25, 0.3) is 0 Å². The molecule has 4 aromatic rings. The average Bonchev–Trinajstić information content (AvgIpc) is 3.21. The number of unbranched alkanes of at least 4 members (excludes halogenated alkanes) is 2. The lowest BCUT2D eigenvalue weighted by molar-refractivity contribution is -0.140. The summed E-state index contributed by atoms with van der Waals surface area (Å²) < 4.78 is 12.9. The first-order valence-corrected chi connectivity index (χ1v) is 11.0. The molecule has 1 heterocycles. The number of carbonyl (C=O) groups is 1. The van der Waals surface area contributed by atoms with Crippen molar-refractivity contribution in [2.24, 2.45) is 0 Å². The van der Waals surface area contributed by atoms with Crippen LogP contribution in [0.3, 0.4) is 0 Å². The molecule has 4 rings (SSSR count). The fourth-order valence-corrected chi connectivity index (χ4v) is 3.72. The number of esters is 1. The first-order valence-electron chi connectivity index (χ1n) is 11.0. The van der Waals surface area contributed by atoms with Crippen molar-refractivity contribution < 1.29 is 14.3 Å². The van der Waals surface area contributed by atoms with E-state index in [0.29, 0.717) is 13.0 Å². The van der Waals surface area contributed by atoms with E-state index in [1.165, 1.54) is 12.7 Å². The van der Waals surface area contributed by atoms with E-state index >= 15 is 0 Å². The van der Waals surface area contributed by atoms with Gasteiger partial charge in [-0.25, -0.2) is 4.98 Å². The molecule has 5 nitrogen and oxygen atoms in total. The normalized spacial score (nSPS) is 10.9. The Labute approximate surface area is 188 Å². The Bertz CT molecular complexity index is 1180. The van der Waals surface area contributed by atoms with Gasteiger partial charge in [-0.2, -0.15) is 0 Å². The zero-order chi connectivity index (χ0) is 22.3. The van der Waals surface area contributed by atoms with E-state index < -0.39 is 0 Å². The van der Waals surface area contributed by atoms with Crippen molar-refractivity contribution in [3.8, 4) is 22.8 Å². The van der Waals surface area contributed by atoms with Crippen molar-refractivity contribution in [1.82, 2.24) is 9.55 Å². The molecule has 3 aromatic carbocycles. The largest absolute Gasteiger partial charge is 0.494 e. The second-order valence-electron chi connectivity index (χ2n) is 7.86. The number of ether oxygens (including phenoxy) is 2. The minimum atomic E-state index is -0.157. The van der Waals surface area contributed by atoms with Gasteiger partial charge in [0.15, 0.2) is 0 Å². The maximum atomic E-state index is 11.2. The molecule has 0 amide bonds. The lowest BCUT2D eigenvalue weighted by atomic mass is 10.2. The van der Waals surface area contributed by atoms with Crippen LogP contribution in [0.5, 0.6) is 5.75 Å². The average molecular weight is 429 g/mol. The number of fused-ring (bicyclic) bond motifs is 1. The SMILES string of the molecule is COC(=O)CCCCCOc1ccc2nc(-c3ccccc3)n(-c3ccc(C)cc3)c2c1. The Hall–Kier alpha value is -3.60. The number of methoxy groups -OCH3 is 1. The smallest absolute Gasteiger partial charge is 0.305 e. The molecule has 0 aliphatic rings. The van der Waals surface area contributed by atoms with Crippen LogP contribution in [-0.2, 0) is 9.53 Å². The van der Waals surface area contributed by atoms with Crippen molar-refractivity contribution in [2.75, 3.05) is 13.7 Å². The zero-order valence-corrected chi connectivity index (χ0v) is 18.6. The van der Waals surface area contributed by atoms with Crippen LogP contribution >= 0.6 is 0 Å². The van der Waals surface area contributed by atoms with Crippen molar-refractivity contribution in [3.05, 3.63) is 78.4 Å². The number of benzene rings is 3. The molecule has 164 valence electrons. The highest BCUT2D eigenvalue weighted by Gasteiger charge is 2.15. The third-order valence-electron chi connectivity index (χ3n) is 5.47. The van der Waals surface area contributed by atoms with Crippen molar-refractivity contribution in [1.29, 1.82) is 0 Å². The molecule has 0 N–H and O–H groups in total. The Balaban J connectivity index is 1.58. The van der Waals surface area contributed by atoms with Gasteiger partial charge in [0.05, 0.1) is 24.8 Å². The highest BCUT2D eigenvalue weighted by molar-refractivity contribution is 5.84. The van der Waals surface area contributed by atoms with Gasteiger partial charge in [0.1, 0.15) is 11.6 Å². The predicted molar refractivity (Wildman–Crippen MR) is 127 cm³/mol. The standard InChI is InChI=1S/C27H28N2O3/c1-20-12-14-22(15-13-20)29-25-19-23(32-18-8-4-7-11-26(30)31-2)16-17-24(25)28-27(29)21-9-5-3-6-10-21/h3,5-6,9-10,12-17,19H,4,7-8,11,18H2,1-2H3. The Morgan fingerprint density at radius 1 is 0.938 bits per heavy atom. The molecule has 0 radical (unpaired) electrons. The van der Waals surface area contributed by atoms with Crippen LogP contribution in [-0.4, -0.2) is 29.2 Å². The number of nitrogens with zero attached hydrogens (tertiary/aromatic N) is 2. The molecule has 0 atom stereocenters. The summed E-state index contributed by atoms with van der Waals surface area (Å²) in [5, 5.41) is 0. The van der Waals surface area contributed by atoms with E-state index in [1.54, 1.807) is 0 Å². The van der Waals surface area contributed by atoms with E-state index in [4.69, 9.17) is 9.72 Å². The Morgan fingerprint density at radius 2 is 1.72 bits per heavy atom. The van der Waals surface area contributed by atoms with E-state index in [2.05, 4.69) is 58.7 Å². The molecule has 0 fully saturated rings. The first kappa shape index (κ1) is 21.6. The van der Waals surface area contributed by atoms with Gasteiger partial charge in [-0.15, -0.1) is 0 Å². The highest BCUT2D eigenvalue weighted by Crippen LogP contribution is 2.31. The van der Waals surface area contributed by atoms with Gasteiger partial charge in [-0.1, -0.05) is 48.0 Å². The van der Waals surface area contributed by atoms with Crippen molar-refractivity contribution in [2.45, 2.75) is 32.6 Å². The summed E-state index contributed by atoms with van der Waals surface area (Å²) in [6.07, 6.45) is 3.09. The quantitative estimate of drug-likeness (QED) is 0.238. The van der Waals surface area contributed by atoms with Gasteiger partial charge in [0.2, 0.25) is 0 Å². The topological polar surface area (TPSA) is 53.4 Å². The molecular formula is C27H28N2O3. The second kappa shape index (κ2) is 10.1. The monoisotopic (exact) mass is 428 g/mol. The number of aromatic nitrogens is 2. The number of rotatable bonds is 9. The van der Waals surface area contributed by atoms with Crippen LogP contribution in [0.4, 0.5) is 0 Å². The molecule has 0 saturated carbocycles. The maximum absolute atomic E-state index is 11.2. The fraction of sp³-hybridized carbons (Fsp3) is 0.259. The summed E-state index contributed by atoms with van der Waals surface area (Å²) in [6.45, 7) is 2.70. The predicted octanol–water partition coefficient (Wildman–Crippen LogP) is 6.11. The summed E-state index contributed by atoms with van der Waals surface area (Å²) in [7, 11) is 1.42. The van der Waals surface area contributed by atoms with Crippen molar-refractivity contribution >= 4 is 17.0 Å². The molecule has 32 heavy (non-hydrogen) atoms. The number of carbonyl (C=O) groups excluding carboxylic acids is 1. The Morgan fingerprint density at radius 3 is 2.47 bits per heavy atom. The summed E-state index contributed by atoms with van der Waals surface area (Å²) in [4.78, 5) is 16.1. The zero-order valence-electron chi connectivity index (χ0n) is 18.6. The molecule has 0 aliphatic heterocycles. The van der Waals surface area contributed by atoms with E-state index in [1.807, 2.05) is 30.3 Å². The van der Waals surface area contributed by atoms with Crippen LogP contribution in [0.15, 0.2) is 72.8 Å². The fourth-order valence-electron chi connectivity index (χ4n) is 3.72. The summed E-state index contributed by atoms with van der Waals surface area (Å²) in [5.74, 6) is 1.57. The van der Waals surface area contributed by atoms with Gasteiger partial charge < -0.3 is 9.47 Å². The maximum Gasteiger partial charge on any atom is 0.305 e. The minimum Gasteiger partial charge on any atom is -0.494 e. The second-order valence-corrected chi connectivity index (χ2v) is 7.86. The molecule has 0 spiro atoms. The van der Waals surface area contributed by atoms with Crippen LogP contribution in [0.1, 0.15) is 31.2 Å². The molecule has 1 aromatic heterocycles. The summed E-state index contributed by atoms with van der Waals surface area (Å²) in [5.41, 5.74) is 5.29. The van der Waals surface area contributed by atoms with Crippen LogP contribution < -0.4 is 4.74 Å². The molecule has 0 bridgehead atoms. The van der Waals surface area contributed by atoms with Gasteiger partial charge in [-0.3, -0.25) is 9.36 Å². The third-order valence-corrected chi connectivity index (χ3v) is 5.47. The van der Waals surface area contributed by atoms with Crippen LogP contribution in [0.2, 0.25) is 0 Å². The van der Waals surface area contributed by atoms with Gasteiger partial charge in [-0.05, 0) is 50.5 Å². The van der Waals surface area contributed by atoms with Crippen LogP contribution in [0.25, 0.3) is 28.1 Å². The summed E-state index contributed by atoms with van der Waals surface area (Å²) in [6, 6.07) is 24.8. The molecule has 5 heteroatoms. The lowest BCUT2D eigenvalue weighted by Gasteiger charge is -2.11. The third kappa shape index (κ3) is 4.99. The molecule has 0 aliphatic carbocycles. The molecule has 0 unspecified atom stereocenters. The van der Waals surface area contributed by atoms with E-state index in [9.17, 15) is 4.79 Å². The number of hydrogen-bond acceptors (Lipinski definition) is 4. The van der Waals surface area contributed by atoms with Crippen molar-refractivity contribution in [3.63, 3.8) is 0 Å². The summed E-state index contributed by atoms with van der Waals surface area (Å²) >= 11 is 0. The number of imidazole rings is 1. The lowest BCUT2D eigenvalue weighted by Crippen LogP contribution is -2.01.